The van der Waals surface area contributed by atoms with Crippen molar-refractivity contribution in [3.63, 3.8) is 0 Å². The van der Waals surface area contributed by atoms with E-state index < -0.39 is 0 Å². The van der Waals surface area contributed by atoms with Crippen molar-refractivity contribution in [2.45, 2.75) is 31.7 Å². The average molecular weight is 417 g/mol. The van der Waals surface area contributed by atoms with Crippen LogP contribution in [0.1, 0.15) is 29.5 Å². The fourth-order valence-corrected chi connectivity index (χ4v) is 4.46. The van der Waals surface area contributed by atoms with Crippen LogP contribution in [-0.2, 0) is 12.8 Å². The van der Waals surface area contributed by atoms with Gasteiger partial charge in [-0.2, -0.15) is 0 Å². The summed E-state index contributed by atoms with van der Waals surface area (Å²) in [5, 5.41) is 0. The smallest absolute Gasteiger partial charge is 0.131 e. The first kappa shape index (κ1) is 17.5. The lowest BCUT2D eigenvalue weighted by molar-refractivity contribution is 0.409. The van der Waals surface area contributed by atoms with Crippen LogP contribution in [0.15, 0.2) is 45.9 Å². The van der Waals surface area contributed by atoms with Crippen molar-refractivity contribution in [2.75, 3.05) is 20.2 Å². The monoisotopic (exact) mass is 416 g/mol. The zero-order valence-electron chi connectivity index (χ0n) is 14.8. The summed E-state index contributed by atoms with van der Waals surface area (Å²) in [4.78, 5) is 7.10. The second kappa shape index (κ2) is 7.39. The molecule has 1 saturated heterocycles. The van der Waals surface area contributed by atoms with Gasteiger partial charge in [-0.15, -0.1) is 0 Å². The third-order valence-corrected chi connectivity index (χ3v) is 5.84. The first-order chi connectivity index (χ1) is 12.7. The summed E-state index contributed by atoms with van der Waals surface area (Å²) in [6, 6.07) is 11.8. The van der Waals surface area contributed by atoms with Gasteiger partial charge in [-0.25, -0.2) is 4.39 Å². The number of rotatable bonds is 5. The molecule has 0 unspecified atom stereocenters. The van der Waals surface area contributed by atoms with Crippen molar-refractivity contribution in [1.29, 1.82) is 0 Å². The molecule has 0 N–H and O–H groups in total. The Labute approximate surface area is 162 Å². The number of benzene rings is 2. The predicted molar refractivity (Wildman–Crippen MR) is 106 cm³/mol. The number of aliphatic imine (C=N–C) groups is 1. The molecule has 26 heavy (non-hydrogen) atoms. The molecule has 2 aromatic rings. The normalized spacial score (nSPS) is 18.8. The number of hydrogen-bond acceptors (Lipinski definition) is 3. The molecule has 1 atom stereocenters. The van der Waals surface area contributed by atoms with Crippen LogP contribution in [0.25, 0.3) is 0 Å². The molecule has 4 rings (SSSR count). The lowest BCUT2D eigenvalue weighted by Crippen LogP contribution is -2.32. The Bertz CT molecular complexity index is 852. The lowest BCUT2D eigenvalue weighted by Gasteiger charge is -2.22. The molecule has 0 saturated carbocycles. The highest BCUT2D eigenvalue weighted by Gasteiger charge is 2.33. The highest BCUT2D eigenvalue weighted by Crippen LogP contribution is 2.30. The maximum atomic E-state index is 14.7. The summed E-state index contributed by atoms with van der Waals surface area (Å²) in [6.45, 7) is 1.86. The van der Waals surface area contributed by atoms with Crippen molar-refractivity contribution < 1.29 is 9.13 Å². The molecular formula is C21H22BrFN2O. The van der Waals surface area contributed by atoms with Crippen LogP contribution in [0.2, 0.25) is 0 Å². The van der Waals surface area contributed by atoms with E-state index in [1.807, 2.05) is 24.3 Å². The Morgan fingerprint density at radius 1 is 1.27 bits per heavy atom. The van der Waals surface area contributed by atoms with E-state index in [1.54, 1.807) is 19.2 Å². The number of halogens is 2. The van der Waals surface area contributed by atoms with Gasteiger partial charge < -0.3 is 9.64 Å². The van der Waals surface area contributed by atoms with Crippen molar-refractivity contribution in [2.24, 2.45) is 4.99 Å². The Balaban J connectivity index is 1.62. The van der Waals surface area contributed by atoms with Gasteiger partial charge in [-0.1, -0.05) is 28.1 Å². The van der Waals surface area contributed by atoms with Crippen LogP contribution in [0.3, 0.4) is 0 Å². The van der Waals surface area contributed by atoms with Gasteiger partial charge in [0.25, 0.3) is 0 Å². The number of amidine groups is 1. The van der Waals surface area contributed by atoms with Crippen LogP contribution in [0.4, 0.5) is 4.39 Å². The van der Waals surface area contributed by atoms with Crippen molar-refractivity contribution in [3.05, 3.63) is 63.4 Å². The Morgan fingerprint density at radius 2 is 2.15 bits per heavy atom. The second-order valence-corrected chi connectivity index (χ2v) is 7.79. The van der Waals surface area contributed by atoms with Crippen LogP contribution < -0.4 is 4.74 Å². The van der Waals surface area contributed by atoms with Crippen molar-refractivity contribution >= 4 is 21.8 Å². The summed E-state index contributed by atoms with van der Waals surface area (Å²) in [6.07, 6.45) is 3.72. The minimum atomic E-state index is -0.151. The van der Waals surface area contributed by atoms with E-state index in [1.165, 1.54) is 12.8 Å². The molecule has 2 aliphatic rings. The molecule has 0 bridgehead atoms. The summed E-state index contributed by atoms with van der Waals surface area (Å²) in [5.41, 5.74) is 2.77. The molecule has 3 nitrogen and oxygen atoms in total. The molecule has 136 valence electrons. The molecule has 5 heteroatoms. The van der Waals surface area contributed by atoms with E-state index in [2.05, 4.69) is 20.8 Å². The van der Waals surface area contributed by atoms with Crippen molar-refractivity contribution in [1.82, 2.24) is 4.90 Å². The summed E-state index contributed by atoms with van der Waals surface area (Å²) in [7, 11) is 1.67. The van der Waals surface area contributed by atoms with Gasteiger partial charge >= 0.3 is 0 Å². The molecule has 0 spiro atoms. The molecular weight excluding hydrogens is 395 g/mol. The van der Waals surface area contributed by atoms with E-state index in [4.69, 9.17) is 9.73 Å². The molecule has 2 aromatic carbocycles. The Hall–Kier alpha value is -1.88. The minimum absolute atomic E-state index is 0.151. The maximum absolute atomic E-state index is 14.7. The zero-order chi connectivity index (χ0) is 18.1. The number of aryl methyl sites for hydroxylation is 1. The SMILES string of the molecule is COc1ccc(Br)cc1CCc1c(F)cccc1C1=NC[C@@H]2CCCN12. The highest BCUT2D eigenvalue weighted by molar-refractivity contribution is 9.10. The molecule has 1 fully saturated rings. The standard InChI is InChI=1S/C21H22BrFN2O/c1-26-20-10-8-15(22)12-14(20)7-9-17-18(5-2-6-19(17)23)21-24-13-16-4-3-11-25(16)21/h2,5-6,8,10,12,16H,3-4,7,9,11,13H2,1H3/t16-/m0/s1. The van der Waals surface area contributed by atoms with E-state index >= 15 is 0 Å². The molecule has 0 aliphatic carbocycles. The molecule has 2 heterocycles. The number of hydrogen-bond donors (Lipinski definition) is 0. The Kier molecular flexibility index (Phi) is 4.98. The van der Waals surface area contributed by atoms with Gasteiger partial charge in [0.1, 0.15) is 17.4 Å². The van der Waals surface area contributed by atoms with Gasteiger partial charge in [0.2, 0.25) is 0 Å². The van der Waals surface area contributed by atoms with Crippen LogP contribution in [0.5, 0.6) is 5.75 Å². The van der Waals surface area contributed by atoms with Gasteiger partial charge in [-0.05, 0) is 61.1 Å². The van der Waals surface area contributed by atoms with Gasteiger partial charge in [0.05, 0.1) is 19.7 Å². The summed E-state index contributed by atoms with van der Waals surface area (Å²) in [5.74, 6) is 1.66. The van der Waals surface area contributed by atoms with Gasteiger partial charge in [0, 0.05) is 16.6 Å². The fourth-order valence-electron chi connectivity index (χ4n) is 4.05. The second-order valence-electron chi connectivity index (χ2n) is 6.88. The quantitative estimate of drug-likeness (QED) is 0.710. The fraction of sp³-hybridized carbons (Fsp3) is 0.381. The number of fused-ring (bicyclic) bond motifs is 1. The van der Waals surface area contributed by atoms with E-state index in [-0.39, 0.29) is 5.82 Å². The predicted octanol–water partition coefficient (Wildman–Crippen LogP) is 4.61. The van der Waals surface area contributed by atoms with Gasteiger partial charge in [-0.3, -0.25) is 4.99 Å². The first-order valence-corrected chi connectivity index (χ1v) is 9.88. The summed E-state index contributed by atoms with van der Waals surface area (Å²) < 4.78 is 21.2. The lowest BCUT2D eigenvalue weighted by atomic mass is 9.97. The van der Waals surface area contributed by atoms with Gasteiger partial charge in [0.15, 0.2) is 0 Å². The minimum Gasteiger partial charge on any atom is -0.496 e. The molecule has 0 radical (unpaired) electrons. The molecule has 0 aromatic heterocycles. The van der Waals surface area contributed by atoms with E-state index in [0.29, 0.717) is 18.9 Å². The largest absolute Gasteiger partial charge is 0.496 e. The first-order valence-electron chi connectivity index (χ1n) is 9.08. The van der Waals surface area contributed by atoms with E-state index in [9.17, 15) is 4.39 Å². The zero-order valence-corrected chi connectivity index (χ0v) is 16.4. The topological polar surface area (TPSA) is 24.8 Å². The van der Waals surface area contributed by atoms with Crippen LogP contribution in [0, 0.1) is 5.82 Å². The number of methoxy groups -OCH3 is 1. The Morgan fingerprint density at radius 3 is 3.00 bits per heavy atom. The summed E-state index contributed by atoms with van der Waals surface area (Å²) >= 11 is 3.51. The number of nitrogens with zero attached hydrogens (tertiary/aromatic N) is 2. The average Bonchev–Trinajstić information content (AvgIpc) is 3.24. The molecule has 0 amide bonds. The number of ether oxygens (including phenoxy) is 1. The van der Waals surface area contributed by atoms with Crippen LogP contribution >= 0.6 is 15.9 Å². The third kappa shape index (κ3) is 3.25. The highest BCUT2D eigenvalue weighted by atomic mass is 79.9. The van der Waals surface area contributed by atoms with E-state index in [0.717, 1.165) is 45.8 Å². The molecule has 2 aliphatic heterocycles. The third-order valence-electron chi connectivity index (χ3n) is 5.35. The van der Waals surface area contributed by atoms with Crippen molar-refractivity contribution in [3.8, 4) is 5.75 Å². The van der Waals surface area contributed by atoms with Crippen LogP contribution in [-0.4, -0.2) is 37.0 Å². The maximum Gasteiger partial charge on any atom is 0.131 e.